The Hall–Kier alpha value is -1.33. The zero-order valence-electron chi connectivity index (χ0n) is 12.0. The molecule has 0 heterocycles. The van der Waals surface area contributed by atoms with E-state index in [1.54, 1.807) is 0 Å². The summed E-state index contributed by atoms with van der Waals surface area (Å²) in [6.07, 6.45) is -5.36. The Morgan fingerprint density at radius 3 is 2.04 bits per heavy atom. The van der Waals surface area contributed by atoms with Crippen LogP contribution >= 0.6 is 0 Å². The molecule has 0 saturated heterocycles. The summed E-state index contributed by atoms with van der Waals surface area (Å²) in [7, 11) is 0. The van der Waals surface area contributed by atoms with E-state index in [0.717, 1.165) is 0 Å². The monoisotopic (exact) mass is 364 g/mol. The molecule has 0 aromatic heterocycles. The number of ether oxygens (including phenoxy) is 1. The number of aliphatic hydroxyl groups is 3. The van der Waals surface area contributed by atoms with Crippen molar-refractivity contribution in [3.05, 3.63) is 12.7 Å². The molecule has 4 unspecified atom stereocenters. The first-order valence-electron chi connectivity index (χ1n) is 6.67. The van der Waals surface area contributed by atoms with Gasteiger partial charge in [-0.3, -0.25) is 0 Å². The van der Waals surface area contributed by atoms with Gasteiger partial charge in [0.2, 0.25) is 5.60 Å². The molecule has 0 amide bonds. The fraction of sp³-hybridized carbons (Fsp3) is 0.769. The van der Waals surface area contributed by atoms with E-state index in [-0.39, 0.29) is 0 Å². The van der Waals surface area contributed by atoms with Gasteiger partial charge < -0.3 is 20.1 Å². The van der Waals surface area contributed by atoms with Crippen molar-refractivity contribution >= 4 is 5.97 Å². The summed E-state index contributed by atoms with van der Waals surface area (Å²) in [4.78, 5) is 11.3. The van der Waals surface area contributed by atoms with Crippen molar-refractivity contribution in [2.75, 3.05) is 6.67 Å². The molecule has 0 aromatic rings. The van der Waals surface area contributed by atoms with Crippen LogP contribution in [-0.4, -0.2) is 62.5 Å². The third-order valence-electron chi connectivity index (χ3n) is 4.52. The van der Waals surface area contributed by atoms with Crippen molar-refractivity contribution in [1.82, 2.24) is 0 Å². The Labute approximate surface area is 131 Å². The van der Waals surface area contributed by atoms with Crippen LogP contribution in [0.4, 0.5) is 26.3 Å². The maximum absolute atomic E-state index is 14.6. The molecule has 2 aliphatic rings. The molecule has 3 N–H and O–H groups in total. The minimum Gasteiger partial charge on any atom is -0.449 e. The molecule has 138 valence electrons. The number of hydrogen-bond donors (Lipinski definition) is 3. The summed E-state index contributed by atoms with van der Waals surface area (Å²) >= 11 is 0. The highest BCUT2D eigenvalue weighted by Crippen LogP contribution is 2.67. The minimum atomic E-state index is -5.49. The maximum Gasteiger partial charge on any atom is 0.339 e. The zero-order valence-corrected chi connectivity index (χ0v) is 12.0. The highest BCUT2D eigenvalue weighted by atomic mass is 19.3. The summed E-state index contributed by atoms with van der Waals surface area (Å²) in [5.74, 6) is -16.8. The van der Waals surface area contributed by atoms with Gasteiger partial charge in [-0.1, -0.05) is 6.58 Å². The number of halogens is 6. The summed E-state index contributed by atoms with van der Waals surface area (Å²) in [6.45, 7) is 1.03. The van der Waals surface area contributed by atoms with Crippen LogP contribution in [0, 0.1) is 0 Å². The topological polar surface area (TPSA) is 87.0 Å². The number of carbonyl (C=O) groups excluding carboxylic acids is 1. The van der Waals surface area contributed by atoms with Crippen molar-refractivity contribution < 1.29 is 51.2 Å². The molecule has 0 aromatic carbocycles. The predicted octanol–water partition coefficient (Wildman–Crippen LogP) is 1.01. The van der Waals surface area contributed by atoms with Crippen LogP contribution in [0.1, 0.15) is 19.3 Å². The number of rotatable bonds is 3. The standard InChI is InChI=1S/C13H14F6O5/c1-2-7(20)24-9-3-8(21,6-14)4-10(22,12(9,16)17)13(18,19)11(15,23)5-9/h2,21-23H,1,3-6H2. The molecular weight excluding hydrogens is 350 g/mol. The van der Waals surface area contributed by atoms with Crippen LogP contribution in [-0.2, 0) is 9.53 Å². The van der Waals surface area contributed by atoms with Crippen LogP contribution in [0.15, 0.2) is 12.7 Å². The van der Waals surface area contributed by atoms with E-state index in [9.17, 15) is 46.5 Å². The minimum absolute atomic E-state index is 0.344. The van der Waals surface area contributed by atoms with E-state index in [4.69, 9.17) is 0 Å². The van der Waals surface area contributed by atoms with Crippen LogP contribution in [0.2, 0.25) is 0 Å². The molecule has 2 aliphatic carbocycles. The third kappa shape index (κ3) is 2.04. The molecule has 0 radical (unpaired) electrons. The number of fused-ring (bicyclic) bond motifs is 2. The maximum atomic E-state index is 14.6. The van der Waals surface area contributed by atoms with Gasteiger partial charge in [0.1, 0.15) is 12.3 Å². The SMILES string of the molecule is C=CC(=O)OC12CC(O)(CF)CC(O)(C(F)(F)C(O)(F)C1)C2(F)F. The quantitative estimate of drug-likeness (QED) is 0.395. The van der Waals surface area contributed by atoms with E-state index in [0.29, 0.717) is 6.08 Å². The summed E-state index contributed by atoms with van der Waals surface area (Å²) in [5, 5.41) is 29.1. The lowest BCUT2D eigenvalue weighted by Gasteiger charge is -2.62. The number of alkyl halides is 6. The normalized spacial score (nSPS) is 46.2. The van der Waals surface area contributed by atoms with E-state index in [1.807, 2.05) is 0 Å². The number of carbonyl (C=O) groups is 1. The van der Waals surface area contributed by atoms with Gasteiger partial charge in [0, 0.05) is 18.9 Å². The molecule has 2 fully saturated rings. The van der Waals surface area contributed by atoms with Crippen molar-refractivity contribution in [2.24, 2.45) is 0 Å². The average molecular weight is 364 g/mol. The van der Waals surface area contributed by atoms with Gasteiger partial charge in [-0.15, -0.1) is 0 Å². The second-order valence-corrected chi connectivity index (χ2v) is 6.28. The van der Waals surface area contributed by atoms with Gasteiger partial charge in [0.05, 0.1) is 6.42 Å². The fourth-order valence-corrected chi connectivity index (χ4v) is 3.42. The van der Waals surface area contributed by atoms with Gasteiger partial charge in [0.25, 0.3) is 5.85 Å². The average Bonchev–Trinajstić information content (AvgIpc) is 2.43. The smallest absolute Gasteiger partial charge is 0.339 e. The van der Waals surface area contributed by atoms with Crippen LogP contribution in [0.3, 0.4) is 0 Å². The summed E-state index contributed by atoms with van der Waals surface area (Å²) in [6, 6.07) is 0. The highest BCUT2D eigenvalue weighted by molar-refractivity contribution is 5.81. The first-order valence-corrected chi connectivity index (χ1v) is 6.67. The summed E-state index contributed by atoms with van der Waals surface area (Å²) < 4.78 is 88.7. The van der Waals surface area contributed by atoms with E-state index >= 15 is 0 Å². The Morgan fingerprint density at radius 2 is 1.58 bits per heavy atom. The molecule has 2 bridgehead atoms. The third-order valence-corrected chi connectivity index (χ3v) is 4.52. The predicted molar refractivity (Wildman–Crippen MR) is 64.7 cm³/mol. The van der Waals surface area contributed by atoms with Gasteiger partial charge >= 0.3 is 17.8 Å². The van der Waals surface area contributed by atoms with Gasteiger partial charge in [0.15, 0.2) is 5.60 Å². The second kappa shape index (κ2) is 4.85. The summed E-state index contributed by atoms with van der Waals surface area (Å²) in [5.41, 5.74) is -11.3. The number of esters is 1. The van der Waals surface area contributed by atoms with E-state index < -0.39 is 66.4 Å². The Balaban J connectivity index is 2.74. The van der Waals surface area contributed by atoms with Crippen molar-refractivity contribution in [2.45, 2.75) is 53.8 Å². The molecule has 24 heavy (non-hydrogen) atoms. The first-order chi connectivity index (χ1) is 10.6. The van der Waals surface area contributed by atoms with Gasteiger partial charge in [-0.05, 0) is 0 Å². The second-order valence-electron chi connectivity index (χ2n) is 6.28. The zero-order chi connectivity index (χ0) is 18.8. The molecule has 0 aliphatic heterocycles. The van der Waals surface area contributed by atoms with Crippen LogP contribution in [0.5, 0.6) is 0 Å². The van der Waals surface area contributed by atoms with E-state index in [2.05, 4.69) is 11.3 Å². The highest BCUT2D eigenvalue weighted by Gasteiger charge is 2.90. The van der Waals surface area contributed by atoms with Crippen LogP contribution < -0.4 is 0 Å². The van der Waals surface area contributed by atoms with Crippen molar-refractivity contribution in [1.29, 1.82) is 0 Å². The lowest BCUT2D eigenvalue weighted by molar-refractivity contribution is -0.456. The first kappa shape index (κ1) is 19.0. The fourth-order valence-electron chi connectivity index (χ4n) is 3.42. The lowest BCUT2D eigenvalue weighted by Crippen LogP contribution is -2.85. The molecule has 4 atom stereocenters. The molecular formula is C13H14F6O5. The Kier molecular flexibility index (Phi) is 3.84. The van der Waals surface area contributed by atoms with Gasteiger partial charge in [-0.2, -0.15) is 17.6 Å². The lowest BCUT2D eigenvalue weighted by atomic mass is 9.55. The Bertz CT molecular complexity index is 581. The number of hydrogen-bond acceptors (Lipinski definition) is 5. The van der Waals surface area contributed by atoms with Crippen molar-refractivity contribution in [3.63, 3.8) is 0 Å². The molecule has 2 saturated carbocycles. The van der Waals surface area contributed by atoms with Gasteiger partial charge in [-0.25, -0.2) is 13.6 Å². The van der Waals surface area contributed by atoms with Crippen LogP contribution in [0.25, 0.3) is 0 Å². The van der Waals surface area contributed by atoms with Crippen molar-refractivity contribution in [3.8, 4) is 0 Å². The molecule has 2 rings (SSSR count). The molecule has 5 nitrogen and oxygen atoms in total. The molecule has 11 heteroatoms. The van der Waals surface area contributed by atoms with E-state index in [1.165, 1.54) is 0 Å². The largest absolute Gasteiger partial charge is 0.449 e. The Morgan fingerprint density at radius 1 is 1.04 bits per heavy atom. The molecule has 0 spiro atoms.